The van der Waals surface area contributed by atoms with Gasteiger partial charge in [-0.3, -0.25) is 0 Å². The minimum absolute atomic E-state index is 0.0921. The predicted octanol–water partition coefficient (Wildman–Crippen LogP) is 4.27. The first-order valence-corrected chi connectivity index (χ1v) is 11.5. The topological polar surface area (TPSA) is 72.6 Å². The van der Waals surface area contributed by atoms with Crippen molar-refractivity contribution in [3.8, 4) is 11.5 Å². The molecule has 0 spiro atoms. The molecule has 0 N–H and O–H groups in total. The fourth-order valence-corrected chi connectivity index (χ4v) is 4.90. The Labute approximate surface area is 181 Å². The quantitative estimate of drug-likeness (QED) is 0.469. The Morgan fingerprint density at radius 1 is 1.07 bits per heavy atom. The van der Waals surface area contributed by atoms with Gasteiger partial charge in [-0.25, -0.2) is 8.42 Å². The van der Waals surface area contributed by atoms with E-state index in [0.29, 0.717) is 31.3 Å². The van der Waals surface area contributed by atoms with E-state index in [4.69, 9.17) is 20.8 Å². The van der Waals surface area contributed by atoms with Crippen LogP contribution in [0.3, 0.4) is 0 Å². The number of hydrogen-bond donors (Lipinski definition) is 0. The maximum absolute atomic E-state index is 13.3. The zero-order chi connectivity index (χ0) is 19.7. The zero-order valence-corrected chi connectivity index (χ0v) is 18.4. The van der Waals surface area contributed by atoms with E-state index in [9.17, 15) is 8.42 Å². The summed E-state index contributed by atoms with van der Waals surface area (Å²) in [7, 11) is -3.88. The van der Waals surface area contributed by atoms with Crippen molar-refractivity contribution < 1.29 is 17.6 Å². The minimum Gasteiger partial charge on any atom is -0.419 e. The number of hydrogen-bond acceptors (Lipinski definition) is 6. The van der Waals surface area contributed by atoms with E-state index < -0.39 is 9.84 Å². The summed E-state index contributed by atoms with van der Waals surface area (Å²) < 4.78 is 39.0. The number of oxazole rings is 1. The third-order valence-corrected chi connectivity index (χ3v) is 6.92. The van der Waals surface area contributed by atoms with Gasteiger partial charge in [-0.2, -0.15) is 4.98 Å². The van der Waals surface area contributed by atoms with E-state index in [0.717, 1.165) is 9.13 Å². The highest BCUT2D eigenvalue weighted by Crippen LogP contribution is 2.35. The normalized spacial score (nSPS) is 15.0. The van der Waals surface area contributed by atoms with E-state index >= 15 is 0 Å². The maximum atomic E-state index is 13.3. The molecule has 146 valence electrons. The van der Waals surface area contributed by atoms with Gasteiger partial charge in [0.15, 0.2) is 0 Å². The van der Waals surface area contributed by atoms with Crippen molar-refractivity contribution in [1.29, 1.82) is 0 Å². The lowest BCUT2D eigenvalue weighted by molar-refractivity contribution is 0.120. The molecule has 4 rings (SSSR count). The lowest BCUT2D eigenvalue weighted by Crippen LogP contribution is -2.36. The molecule has 28 heavy (non-hydrogen) atoms. The first kappa shape index (κ1) is 19.7. The van der Waals surface area contributed by atoms with Crippen LogP contribution in [-0.4, -0.2) is 39.7 Å². The molecule has 2 aromatic carbocycles. The average Bonchev–Trinajstić information content (AvgIpc) is 3.15. The Bertz CT molecular complexity index is 1090. The van der Waals surface area contributed by atoms with Crippen LogP contribution in [0.15, 0.2) is 62.9 Å². The molecule has 1 aromatic heterocycles. The summed E-state index contributed by atoms with van der Waals surface area (Å²) in [6.07, 6.45) is 0. The van der Waals surface area contributed by atoms with Crippen LogP contribution in [0.5, 0.6) is 0 Å². The molecule has 0 bridgehead atoms. The number of morpholine rings is 1. The molecular weight excluding hydrogens is 515 g/mol. The highest BCUT2D eigenvalue weighted by atomic mass is 127. The van der Waals surface area contributed by atoms with Crippen LogP contribution < -0.4 is 4.90 Å². The largest absolute Gasteiger partial charge is 0.419 e. The average molecular weight is 531 g/mol. The summed E-state index contributed by atoms with van der Waals surface area (Å²) in [5.74, 6) is 0.514. The van der Waals surface area contributed by atoms with E-state index in [1.165, 1.54) is 12.1 Å². The van der Waals surface area contributed by atoms with Crippen LogP contribution >= 0.6 is 34.2 Å². The Kier molecular flexibility index (Phi) is 5.64. The van der Waals surface area contributed by atoms with Crippen LogP contribution in [0.2, 0.25) is 5.02 Å². The molecule has 1 fully saturated rings. The first-order chi connectivity index (χ1) is 13.4. The summed E-state index contributed by atoms with van der Waals surface area (Å²) >= 11 is 8.10. The third-order valence-electron chi connectivity index (χ3n) is 4.33. The molecule has 9 heteroatoms. The molecule has 0 unspecified atom stereocenters. The number of rotatable bonds is 4. The lowest BCUT2D eigenvalue weighted by atomic mass is 10.2. The van der Waals surface area contributed by atoms with Gasteiger partial charge in [0, 0.05) is 27.2 Å². The van der Waals surface area contributed by atoms with Crippen molar-refractivity contribution in [1.82, 2.24) is 4.98 Å². The molecule has 3 aromatic rings. The Morgan fingerprint density at radius 2 is 1.79 bits per heavy atom. The number of nitrogens with zero attached hydrogens (tertiary/aromatic N) is 2. The summed E-state index contributed by atoms with van der Waals surface area (Å²) in [5.41, 5.74) is 0.721. The Balaban J connectivity index is 1.85. The van der Waals surface area contributed by atoms with Crippen molar-refractivity contribution in [3.63, 3.8) is 0 Å². The fourth-order valence-electron chi connectivity index (χ4n) is 2.91. The van der Waals surface area contributed by atoms with Crippen molar-refractivity contribution in [2.45, 2.75) is 9.92 Å². The van der Waals surface area contributed by atoms with Crippen molar-refractivity contribution in [3.05, 3.63) is 57.1 Å². The van der Waals surface area contributed by atoms with Crippen LogP contribution in [-0.2, 0) is 14.6 Å². The number of aromatic nitrogens is 1. The Morgan fingerprint density at radius 3 is 2.46 bits per heavy atom. The fraction of sp³-hybridized carbons (Fsp3) is 0.211. The van der Waals surface area contributed by atoms with E-state index in [2.05, 4.69) is 27.6 Å². The molecule has 1 aliphatic rings. The van der Waals surface area contributed by atoms with Gasteiger partial charge in [0.25, 0.3) is 0 Å². The lowest BCUT2D eigenvalue weighted by Gasteiger charge is -2.26. The second-order valence-corrected chi connectivity index (χ2v) is 9.74. The molecule has 1 saturated heterocycles. The molecule has 0 radical (unpaired) electrons. The summed E-state index contributed by atoms with van der Waals surface area (Å²) in [6.45, 7) is 2.06. The number of benzene rings is 2. The SMILES string of the molecule is O=S(=O)(c1ccc(Cl)cc1)c1nc(-c2cccc(I)c2)oc1N1CCOCC1. The summed E-state index contributed by atoms with van der Waals surface area (Å²) in [6, 6.07) is 13.6. The van der Waals surface area contributed by atoms with Gasteiger partial charge >= 0.3 is 0 Å². The minimum atomic E-state index is -3.88. The third kappa shape index (κ3) is 3.91. The molecule has 0 saturated carbocycles. The number of anilines is 1. The highest BCUT2D eigenvalue weighted by Gasteiger charge is 2.32. The van der Waals surface area contributed by atoms with Crippen molar-refractivity contribution in [2.24, 2.45) is 0 Å². The van der Waals surface area contributed by atoms with E-state index in [1.54, 1.807) is 12.1 Å². The standard InChI is InChI=1S/C19H16ClIN2O4S/c20-14-4-6-16(7-5-14)28(24,25)18-19(23-8-10-26-11-9-23)27-17(22-18)13-2-1-3-15(21)12-13/h1-7,12H,8-11H2. The number of sulfone groups is 1. The molecule has 0 amide bonds. The van der Waals surface area contributed by atoms with Crippen molar-refractivity contribution in [2.75, 3.05) is 31.2 Å². The summed E-state index contributed by atoms with van der Waals surface area (Å²) in [4.78, 5) is 6.37. The van der Waals surface area contributed by atoms with Crippen LogP contribution in [0.1, 0.15) is 0 Å². The van der Waals surface area contributed by atoms with E-state index in [1.807, 2.05) is 29.2 Å². The van der Waals surface area contributed by atoms with Gasteiger partial charge in [-0.1, -0.05) is 17.7 Å². The van der Waals surface area contributed by atoms with Crippen LogP contribution in [0.4, 0.5) is 5.88 Å². The maximum Gasteiger partial charge on any atom is 0.236 e. The summed E-state index contributed by atoms with van der Waals surface area (Å²) in [5, 5.41) is 0.373. The molecule has 0 aliphatic carbocycles. The van der Waals surface area contributed by atoms with Crippen molar-refractivity contribution >= 4 is 49.9 Å². The molecule has 6 nitrogen and oxygen atoms in total. The zero-order valence-electron chi connectivity index (χ0n) is 14.6. The second kappa shape index (κ2) is 8.02. The van der Waals surface area contributed by atoms with Gasteiger partial charge in [-0.05, 0) is 65.1 Å². The van der Waals surface area contributed by atoms with Gasteiger partial charge in [-0.15, -0.1) is 0 Å². The number of ether oxygens (including phenoxy) is 1. The number of halogens is 2. The Hall–Kier alpha value is -1.62. The van der Waals surface area contributed by atoms with Gasteiger partial charge in [0.05, 0.1) is 18.1 Å². The molecule has 0 atom stereocenters. The highest BCUT2D eigenvalue weighted by molar-refractivity contribution is 14.1. The second-order valence-electron chi connectivity index (χ2n) is 6.20. The molecule has 1 aliphatic heterocycles. The monoisotopic (exact) mass is 530 g/mol. The molecule has 2 heterocycles. The molecular formula is C19H16ClIN2O4S. The van der Waals surface area contributed by atoms with Gasteiger partial charge < -0.3 is 14.1 Å². The van der Waals surface area contributed by atoms with Crippen LogP contribution in [0, 0.1) is 3.57 Å². The predicted molar refractivity (Wildman–Crippen MR) is 115 cm³/mol. The smallest absolute Gasteiger partial charge is 0.236 e. The van der Waals surface area contributed by atoms with Gasteiger partial charge in [0.2, 0.25) is 26.6 Å². The first-order valence-electron chi connectivity index (χ1n) is 8.55. The van der Waals surface area contributed by atoms with Crippen LogP contribution in [0.25, 0.3) is 11.5 Å². The van der Waals surface area contributed by atoms with E-state index in [-0.39, 0.29) is 21.7 Å². The van der Waals surface area contributed by atoms with Gasteiger partial charge in [0.1, 0.15) is 0 Å².